The summed E-state index contributed by atoms with van der Waals surface area (Å²) in [5.74, 6) is 0. The van der Waals surface area contributed by atoms with Gasteiger partial charge < -0.3 is 0 Å². The minimum absolute atomic E-state index is 0.0781. The molecule has 0 aliphatic heterocycles. The molecule has 8 heteroatoms. The van der Waals surface area contributed by atoms with Crippen molar-refractivity contribution in [2.75, 3.05) is 5.43 Å². The molecule has 0 saturated carbocycles. The van der Waals surface area contributed by atoms with Crippen LogP contribution < -0.4 is 5.43 Å². The first-order valence-electron chi connectivity index (χ1n) is 6.92. The second kappa shape index (κ2) is 7.63. The molecule has 1 N–H and O–H groups in total. The maximum atomic E-state index is 11.0. The lowest BCUT2D eigenvalue weighted by Crippen LogP contribution is -1.98. The molecule has 0 unspecified atom stereocenters. The van der Waals surface area contributed by atoms with Crippen molar-refractivity contribution >= 4 is 29.4 Å². The lowest BCUT2D eigenvalue weighted by atomic mass is 10.1. The second-order valence-electron chi connectivity index (χ2n) is 4.88. The van der Waals surface area contributed by atoms with Gasteiger partial charge in [-0.2, -0.15) is 5.10 Å². The molecule has 0 aliphatic carbocycles. The standard InChI is InChI=1S/C16H14N4O4/c1-12(9-13-5-3-2-4-6-13)11-17-18-15-8-7-14(19(21)22)10-16(15)20(23)24/h2-11,18H,1H3/b12-9+,17-11?. The number of non-ortho nitro benzene ring substituents is 1. The molecule has 24 heavy (non-hydrogen) atoms. The highest BCUT2D eigenvalue weighted by molar-refractivity contribution is 5.85. The van der Waals surface area contributed by atoms with Crippen molar-refractivity contribution < 1.29 is 9.85 Å². The van der Waals surface area contributed by atoms with Gasteiger partial charge in [0.05, 0.1) is 22.1 Å². The largest absolute Gasteiger partial charge is 0.301 e. The molecule has 0 heterocycles. The number of nitrogens with zero attached hydrogens (tertiary/aromatic N) is 3. The number of hydrogen-bond donors (Lipinski definition) is 1. The van der Waals surface area contributed by atoms with E-state index in [1.165, 1.54) is 18.3 Å². The molecule has 2 rings (SSSR count). The summed E-state index contributed by atoms with van der Waals surface area (Å²) < 4.78 is 0. The van der Waals surface area contributed by atoms with Gasteiger partial charge in [0.25, 0.3) is 5.69 Å². The summed E-state index contributed by atoms with van der Waals surface area (Å²) in [4.78, 5) is 20.3. The monoisotopic (exact) mass is 326 g/mol. The van der Waals surface area contributed by atoms with E-state index in [-0.39, 0.29) is 11.4 Å². The summed E-state index contributed by atoms with van der Waals surface area (Å²) in [7, 11) is 0. The lowest BCUT2D eigenvalue weighted by Gasteiger charge is -2.02. The average Bonchev–Trinajstić information content (AvgIpc) is 2.55. The van der Waals surface area contributed by atoms with Gasteiger partial charge in [-0.1, -0.05) is 36.4 Å². The maximum Gasteiger partial charge on any atom is 0.301 e. The molecule has 0 saturated heterocycles. The van der Waals surface area contributed by atoms with E-state index in [0.29, 0.717) is 0 Å². The number of anilines is 1. The Hall–Kier alpha value is -3.55. The first-order chi connectivity index (χ1) is 11.5. The summed E-state index contributed by atoms with van der Waals surface area (Å²) in [6, 6.07) is 12.9. The Morgan fingerprint density at radius 2 is 1.79 bits per heavy atom. The van der Waals surface area contributed by atoms with E-state index < -0.39 is 15.5 Å². The van der Waals surface area contributed by atoms with Crippen LogP contribution in [0.1, 0.15) is 12.5 Å². The summed E-state index contributed by atoms with van der Waals surface area (Å²) in [5.41, 5.74) is 3.69. The highest BCUT2D eigenvalue weighted by Crippen LogP contribution is 2.28. The van der Waals surface area contributed by atoms with Crippen molar-refractivity contribution in [1.29, 1.82) is 0 Å². The van der Waals surface area contributed by atoms with Crippen LogP contribution in [-0.4, -0.2) is 16.1 Å². The number of benzene rings is 2. The highest BCUT2D eigenvalue weighted by atomic mass is 16.6. The molecule has 0 atom stereocenters. The molecular weight excluding hydrogens is 312 g/mol. The molecule has 2 aromatic carbocycles. The van der Waals surface area contributed by atoms with Gasteiger partial charge in [-0.3, -0.25) is 25.7 Å². The van der Waals surface area contributed by atoms with Gasteiger partial charge in [0, 0.05) is 6.07 Å². The van der Waals surface area contributed by atoms with Crippen LogP contribution in [0.3, 0.4) is 0 Å². The van der Waals surface area contributed by atoms with Gasteiger partial charge >= 0.3 is 5.69 Å². The fourth-order valence-corrected chi connectivity index (χ4v) is 1.93. The van der Waals surface area contributed by atoms with Gasteiger partial charge in [0.15, 0.2) is 0 Å². The first-order valence-corrected chi connectivity index (χ1v) is 6.92. The third-order valence-corrected chi connectivity index (χ3v) is 3.04. The van der Waals surface area contributed by atoms with E-state index in [2.05, 4.69) is 10.5 Å². The molecule has 0 aliphatic rings. The Morgan fingerprint density at radius 1 is 1.08 bits per heavy atom. The summed E-state index contributed by atoms with van der Waals surface area (Å²) in [6.45, 7) is 1.84. The van der Waals surface area contributed by atoms with Crippen molar-refractivity contribution in [3.8, 4) is 0 Å². The number of nitrogens with one attached hydrogen (secondary N) is 1. The van der Waals surface area contributed by atoms with E-state index in [4.69, 9.17) is 0 Å². The molecule has 0 bridgehead atoms. The molecule has 0 fully saturated rings. The Bertz CT molecular complexity index is 816. The zero-order valence-corrected chi connectivity index (χ0v) is 12.7. The average molecular weight is 326 g/mol. The van der Waals surface area contributed by atoms with Crippen LogP contribution in [0.25, 0.3) is 6.08 Å². The van der Waals surface area contributed by atoms with Crippen LogP contribution in [0.2, 0.25) is 0 Å². The van der Waals surface area contributed by atoms with Crippen molar-refractivity contribution in [1.82, 2.24) is 0 Å². The number of nitro benzene ring substituents is 2. The minimum atomic E-state index is -0.697. The second-order valence-corrected chi connectivity index (χ2v) is 4.88. The van der Waals surface area contributed by atoms with Gasteiger partial charge in [-0.05, 0) is 24.1 Å². The number of hydrazone groups is 1. The van der Waals surface area contributed by atoms with Crippen molar-refractivity contribution in [3.05, 3.63) is 79.9 Å². The fourth-order valence-electron chi connectivity index (χ4n) is 1.93. The predicted molar refractivity (Wildman–Crippen MR) is 92.0 cm³/mol. The lowest BCUT2D eigenvalue weighted by molar-refractivity contribution is -0.393. The Morgan fingerprint density at radius 3 is 2.42 bits per heavy atom. The van der Waals surface area contributed by atoms with Gasteiger partial charge in [0.2, 0.25) is 0 Å². The normalized spacial score (nSPS) is 11.5. The Balaban J connectivity index is 2.15. The summed E-state index contributed by atoms with van der Waals surface area (Å²) >= 11 is 0. The van der Waals surface area contributed by atoms with Crippen molar-refractivity contribution in [2.45, 2.75) is 6.92 Å². The molecule has 122 valence electrons. The maximum absolute atomic E-state index is 11.0. The number of nitro groups is 2. The Labute approximate surface area is 137 Å². The smallest absolute Gasteiger partial charge is 0.272 e. The van der Waals surface area contributed by atoms with E-state index in [0.717, 1.165) is 17.2 Å². The Kier molecular flexibility index (Phi) is 5.35. The number of hydrogen-bond acceptors (Lipinski definition) is 6. The van der Waals surface area contributed by atoms with Crippen LogP contribution in [0, 0.1) is 20.2 Å². The zero-order valence-electron chi connectivity index (χ0n) is 12.7. The van der Waals surface area contributed by atoms with E-state index in [1.54, 1.807) is 0 Å². The first kappa shape index (κ1) is 16.8. The third-order valence-electron chi connectivity index (χ3n) is 3.04. The summed E-state index contributed by atoms with van der Waals surface area (Å²) in [5, 5.41) is 25.6. The van der Waals surface area contributed by atoms with Crippen LogP contribution in [0.5, 0.6) is 0 Å². The van der Waals surface area contributed by atoms with Crippen molar-refractivity contribution in [2.24, 2.45) is 5.10 Å². The molecular formula is C16H14N4O4. The third kappa shape index (κ3) is 4.47. The predicted octanol–water partition coefficient (Wildman–Crippen LogP) is 4.00. The molecule has 0 radical (unpaired) electrons. The SMILES string of the molecule is C/C(C=NNc1ccc([N+](=O)[O-])cc1[N+](=O)[O-])=C\c1ccccc1. The van der Waals surface area contributed by atoms with E-state index >= 15 is 0 Å². The molecule has 8 nitrogen and oxygen atoms in total. The molecule has 0 amide bonds. The number of rotatable bonds is 6. The fraction of sp³-hybridized carbons (Fsp3) is 0.0625. The number of allylic oxidation sites excluding steroid dienone is 1. The van der Waals surface area contributed by atoms with Crippen LogP contribution in [0.15, 0.2) is 59.2 Å². The van der Waals surface area contributed by atoms with E-state index in [9.17, 15) is 20.2 Å². The van der Waals surface area contributed by atoms with Gasteiger partial charge in [-0.25, -0.2) is 0 Å². The van der Waals surface area contributed by atoms with Crippen LogP contribution in [0.4, 0.5) is 17.1 Å². The highest BCUT2D eigenvalue weighted by Gasteiger charge is 2.18. The minimum Gasteiger partial charge on any atom is -0.272 e. The van der Waals surface area contributed by atoms with Crippen LogP contribution in [-0.2, 0) is 0 Å². The topological polar surface area (TPSA) is 111 Å². The van der Waals surface area contributed by atoms with Crippen molar-refractivity contribution in [3.63, 3.8) is 0 Å². The van der Waals surface area contributed by atoms with Crippen LogP contribution >= 0.6 is 0 Å². The molecule has 0 spiro atoms. The van der Waals surface area contributed by atoms with E-state index in [1.807, 2.05) is 43.3 Å². The zero-order chi connectivity index (χ0) is 17.5. The molecule has 0 aromatic heterocycles. The van der Waals surface area contributed by atoms with Gasteiger partial charge in [-0.15, -0.1) is 0 Å². The van der Waals surface area contributed by atoms with Gasteiger partial charge in [0.1, 0.15) is 5.69 Å². The summed E-state index contributed by atoms with van der Waals surface area (Å²) in [6.07, 6.45) is 3.41. The quantitative estimate of drug-likeness (QED) is 0.490. The molecule has 2 aromatic rings.